The third-order valence-corrected chi connectivity index (χ3v) is 10.1. The van der Waals surface area contributed by atoms with E-state index in [9.17, 15) is 4.79 Å². The first-order valence-corrected chi connectivity index (χ1v) is 11.5. The van der Waals surface area contributed by atoms with Gasteiger partial charge in [0.15, 0.2) is 0 Å². The molecule has 0 aromatic rings. The normalized spacial score (nSPS) is 53.3. The number of rotatable bonds is 2. The van der Waals surface area contributed by atoms with Gasteiger partial charge in [-0.3, -0.25) is 4.79 Å². The molecule has 2 heteroatoms. The van der Waals surface area contributed by atoms with Crippen LogP contribution in [-0.2, 0) is 9.53 Å². The first-order chi connectivity index (χ1) is 12.3. The Balaban J connectivity index is 1.67. The van der Waals surface area contributed by atoms with Crippen LogP contribution in [0.3, 0.4) is 0 Å². The van der Waals surface area contributed by atoms with Crippen LogP contribution < -0.4 is 0 Å². The van der Waals surface area contributed by atoms with Gasteiger partial charge in [0, 0.05) is 12.3 Å². The molecule has 26 heavy (non-hydrogen) atoms. The smallest absolute Gasteiger partial charge is 0.303 e. The average molecular weight is 361 g/mol. The summed E-state index contributed by atoms with van der Waals surface area (Å²) in [5.41, 5.74) is 0.551. The largest absolute Gasteiger partial charge is 0.459 e. The van der Waals surface area contributed by atoms with Crippen LogP contribution in [0.1, 0.15) is 98.8 Å². The molecule has 0 aromatic heterocycles. The van der Waals surface area contributed by atoms with Crippen molar-refractivity contribution in [1.29, 1.82) is 0 Å². The van der Waals surface area contributed by atoms with E-state index < -0.39 is 0 Å². The number of ether oxygens (including phenoxy) is 1. The molecule has 4 fully saturated rings. The standard InChI is InChI=1S/C24H40O2/c1-6-24(26-17(3)25)14-11-21-18-15-16(2)19-9-7-8-12-22(19,4)20(18)10-13-23(21,24)5/h16,18-21H,6-15H2,1-5H3/t16-,18+,19?,20-,21-,22-,23-,24+/m0/s1. The van der Waals surface area contributed by atoms with E-state index in [4.69, 9.17) is 4.74 Å². The van der Waals surface area contributed by atoms with E-state index >= 15 is 0 Å². The van der Waals surface area contributed by atoms with Crippen molar-refractivity contribution in [1.82, 2.24) is 0 Å². The second-order valence-corrected chi connectivity index (χ2v) is 10.9. The lowest BCUT2D eigenvalue weighted by atomic mass is 9.42. The minimum atomic E-state index is -0.206. The van der Waals surface area contributed by atoms with Crippen LogP contribution >= 0.6 is 0 Å². The van der Waals surface area contributed by atoms with Crippen molar-refractivity contribution in [2.45, 2.75) is 104 Å². The Bertz CT molecular complexity index is 571. The van der Waals surface area contributed by atoms with Gasteiger partial charge in [0.25, 0.3) is 0 Å². The minimum absolute atomic E-state index is 0.0767. The monoisotopic (exact) mass is 360 g/mol. The summed E-state index contributed by atoms with van der Waals surface area (Å²) in [5, 5.41) is 0. The van der Waals surface area contributed by atoms with Crippen LogP contribution in [0.4, 0.5) is 0 Å². The molecule has 148 valence electrons. The molecule has 0 aliphatic heterocycles. The third kappa shape index (κ3) is 2.39. The maximum atomic E-state index is 11.9. The van der Waals surface area contributed by atoms with Crippen molar-refractivity contribution in [3.8, 4) is 0 Å². The van der Waals surface area contributed by atoms with E-state index in [0.29, 0.717) is 5.41 Å². The highest BCUT2D eigenvalue weighted by Crippen LogP contribution is 2.70. The molecule has 4 aliphatic carbocycles. The summed E-state index contributed by atoms with van der Waals surface area (Å²) >= 11 is 0. The topological polar surface area (TPSA) is 26.3 Å². The van der Waals surface area contributed by atoms with Gasteiger partial charge < -0.3 is 4.74 Å². The second-order valence-electron chi connectivity index (χ2n) is 10.9. The number of carbonyl (C=O) groups is 1. The van der Waals surface area contributed by atoms with E-state index in [2.05, 4.69) is 27.7 Å². The molecule has 8 atom stereocenters. The Labute approximate surface area is 160 Å². The summed E-state index contributed by atoms with van der Waals surface area (Å²) in [6.07, 6.45) is 13.2. The van der Waals surface area contributed by atoms with Gasteiger partial charge in [0.05, 0.1) is 0 Å². The van der Waals surface area contributed by atoms with Gasteiger partial charge in [-0.05, 0) is 86.4 Å². The molecule has 2 nitrogen and oxygen atoms in total. The molecule has 1 unspecified atom stereocenters. The van der Waals surface area contributed by atoms with Crippen molar-refractivity contribution in [2.24, 2.45) is 40.4 Å². The number of esters is 1. The molecular weight excluding hydrogens is 320 g/mol. The third-order valence-electron chi connectivity index (χ3n) is 10.1. The molecule has 4 rings (SSSR count). The fourth-order valence-electron chi connectivity index (χ4n) is 9.00. The summed E-state index contributed by atoms with van der Waals surface area (Å²) in [7, 11) is 0. The Morgan fingerprint density at radius 3 is 2.42 bits per heavy atom. The molecule has 4 aliphatic rings. The lowest BCUT2D eigenvalue weighted by molar-refractivity contribution is -0.191. The predicted molar refractivity (Wildman–Crippen MR) is 106 cm³/mol. The molecular formula is C24H40O2. The summed E-state index contributed by atoms with van der Waals surface area (Å²) in [6, 6.07) is 0. The molecule has 0 radical (unpaired) electrons. The zero-order valence-corrected chi connectivity index (χ0v) is 17.8. The van der Waals surface area contributed by atoms with E-state index in [1.807, 2.05) is 0 Å². The molecule has 0 saturated heterocycles. The van der Waals surface area contributed by atoms with Crippen LogP contribution in [0.25, 0.3) is 0 Å². The fraction of sp³-hybridized carbons (Fsp3) is 0.958. The maximum absolute atomic E-state index is 11.9. The number of hydrogen-bond acceptors (Lipinski definition) is 2. The molecule has 0 aromatic carbocycles. The predicted octanol–water partition coefficient (Wildman–Crippen LogP) is 6.38. The SMILES string of the molecule is CC[C@@]1(OC(C)=O)CC[C@H]2[C@@H]3C[C@H](C)C4CCCC[C@]4(C)[C@H]3CC[C@@]21C. The summed E-state index contributed by atoms with van der Waals surface area (Å²) in [4.78, 5) is 11.9. The molecule has 0 spiro atoms. The lowest BCUT2D eigenvalue weighted by Crippen LogP contribution is -2.58. The van der Waals surface area contributed by atoms with Crippen molar-refractivity contribution >= 4 is 5.97 Å². The van der Waals surface area contributed by atoms with Crippen LogP contribution in [0.5, 0.6) is 0 Å². The first kappa shape index (κ1) is 18.8. The van der Waals surface area contributed by atoms with Crippen molar-refractivity contribution in [3.05, 3.63) is 0 Å². The van der Waals surface area contributed by atoms with Gasteiger partial charge in [0.1, 0.15) is 5.60 Å². The Hall–Kier alpha value is -0.530. The number of fused-ring (bicyclic) bond motifs is 5. The number of hydrogen-bond donors (Lipinski definition) is 0. The van der Waals surface area contributed by atoms with E-state index in [1.165, 1.54) is 51.4 Å². The van der Waals surface area contributed by atoms with Gasteiger partial charge in [0.2, 0.25) is 0 Å². The lowest BCUT2D eigenvalue weighted by Gasteiger charge is -2.63. The van der Waals surface area contributed by atoms with Crippen LogP contribution in [-0.4, -0.2) is 11.6 Å². The molecule has 0 heterocycles. The first-order valence-electron chi connectivity index (χ1n) is 11.5. The van der Waals surface area contributed by atoms with Crippen molar-refractivity contribution < 1.29 is 9.53 Å². The van der Waals surface area contributed by atoms with Gasteiger partial charge in [-0.15, -0.1) is 0 Å². The van der Waals surface area contributed by atoms with Crippen LogP contribution in [0.15, 0.2) is 0 Å². The Morgan fingerprint density at radius 2 is 1.73 bits per heavy atom. The van der Waals surface area contributed by atoms with Crippen LogP contribution in [0.2, 0.25) is 0 Å². The number of carbonyl (C=O) groups excluding carboxylic acids is 1. The zero-order valence-electron chi connectivity index (χ0n) is 17.8. The molecule has 0 N–H and O–H groups in total. The Morgan fingerprint density at radius 1 is 1.00 bits per heavy atom. The molecule has 0 amide bonds. The van der Waals surface area contributed by atoms with Gasteiger partial charge in [-0.2, -0.15) is 0 Å². The average Bonchev–Trinajstić information content (AvgIpc) is 2.87. The fourth-order valence-corrected chi connectivity index (χ4v) is 9.00. The van der Waals surface area contributed by atoms with Crippen LogP contribution in [0, 0.1) is 40.4 Å². The van der Waals surface area contributed by atoms with Gasteiger partial charge in [-0.25, -0.2) is 0 Å². The summed E-state index contributed by atoms with van der Waals surface area (Å²) in [6.45, 7) is 11.5. The quantitative estimate of drug-likeness (QED) is 0.534. The zero-order chi connectivity index (χ0) is 18.7. The van der Waals surface area contributed by atoms with Crippen molar-refractivity contribution in [2.75, 3.05) is 0 Å². The van der Waals surface area contributed by atoms with E-state index in [-0.39, 0.29) is 17.0 Å². The molecule has 0 bridgehead atoms. The summed E-state index contributed by atoms with van der Waals surface area (Å²) in [5.74, 6) is 4.26. The second kappa shape index (κ2) is 6.24. The van der Waals surface area contributed by atoms with Gasteiger partial charge in [-0.1, -0.05) is 40.5 Å². The maximum Gasteiger partial charge on any atom is 0.303 e. The Kier molecular flexibility index (Phi) is 4.52. The van der Waals surface area contributed by atoms with Gasteiger partial charge >= 0.3 is 5.97 Å². The highest BCUT2D eigenvalue weighted by Gasteiger charge is 2.66. The molecule has 4 saturated carbocycles. The van der Waals surface area contributed by atoms with Crippen molar-refractivity contribution in [3.63, 3.8) is 0 Å². The summed E-state index contributed by atoms with van der Waals surface area (Å²) < 4.78 is 6.12. The van der Waals surface area contributed by atoms with E-state index in [0.717, 1.165) is 42.4 Å². The minimum Gasteiger partial charge on any atom is -0.459 e. The highest BCUT2D eigenvalue weighted by atomic mass is 16.6. The van der Waals surface area contributed by atoms with E-state index in [1.54, 1.807) is 6.92 Å². The highest BCUT2D eigenvalue weighted by molar-refractivity contribution is 5.66.